The van der Waals surface area contributed by atoms with Crippen LogP contribution in [0.4, 0.5) is 23.0 Å². The molecule has 7 heteroatoms. The van der Waals surface area contributed by atoms with Crippen LogP contribution >= 0.6 is 0 Å². The van der Waals surface area contributed by atoms with Crippen molar-refractivity contribution in [3.05, 3.63) is 54.7 Å². The first-order valence-corrected chi connectivity index (χ1v) is 8.63. The molecule has 0 atom stereocenters. The molecule has 26 heavy (non-hydrogen) atoms. The van der Waals surface area contributed by atoms with Crippen molar-refractivity contribution < 1.29 is 9.15 Å². The van der Waals surface area contributed by atoms with Crippen LogP contribution in [0.3, 0.4) is 0 Å². The van der Waals surface area contributed by atoms with E-state index in [0.29, 0.717) is 23.9 Å². The minimum atomic E-state index is 0.447. The summed E-state index contributed by atoms with van der Waals surface area (Å²) in [5, 5.41) is 6.35. The first kappa shape index (κ1) is 17.6. The molecule has 3 rings (SSSR count). The summed E-state index contributed by atoms with van der Waals surface area (Å²) in [5.74, 6) is 2.75. The first-order valence-electron chi connectivity index (χ1n) is 8.63. The fourth-order valence-electron chi connectivity index (χ4n) is 2.33. The molecule has 0 aliphatic heterocycles. The summed E-state index contributed by atoms with van der Waals surface area (Å²) in [5.41, 5.74) is 7.49. The van der Waals surface area contributed by atoms with Gasteiger partial charge < -0.3 is 25.5 Å². The van der Waals surface area contributed by atoms with Crippen molar-refractivity contribution in [1.29, 1.82) is 0 Å². The van der Waals surface area contributed by atoms with Crippen LogP contribution in [0.25, 0.3) is 0 Å². The highest BCUT2D eigenvalue weighted by Crippen LogP contribution is 2.27. The summed E-state index contributed by atoms with van der Waals surface area (Å²) in [6.07, 6.45) is 5.25. The highest BCUT2D eigenvalue weighted by atomic mass is 16.5. The molecule has 0 spiro atoms. The summed E-state index contributed by atoms with van der Waals surface area (Å²) in [7, 11) is 0. The van der Waals surface area contributed by atoms with E-state index in [0.717, 1.165) is 36.6 Å². The van der Waals surface area contributed by atoms with E-state index in [4.69, 9.17) is 14.9 Å². The van der Waals surface area contributed by atoms with Gasteiger partial charge in [0, 0.05) is 5.69 Å². The molecular formula is C19H23N5O2. The molecule has 0 amide bonds. The highest BCUT2D eigenvalue weighted by Gasteiger charge is 2.09. The summed E-state index contributed by atoms with van der Waals surface area (Å²) >= 11 is 0. The van der Waals surface area contributed by atoms with Gasteiger partial charge in [0.2, 0.25) is 0 Å². The fourth-order valence-corrected chi connectivity index (χ4v) is 2.33. The van der Waals surface area contributed by atoms with Gasteiger partial charge in [-0.3, -0.25) is 0 Å². The SMILES string of the molecule is CCCCOc1ccc(Nc2ncnc(NCc3ccco3)c2N)cc1. The Morgan fingerprint density at radius 2 is 1.92 bits per heavy atom. The number of hydrogen-bond donors (Lipinski definition) is 3. The van der Waals surface area contributed by atoms with Gasteiger partial charge in [-0.15, -0.1) is 0 Å². The Labute approximate surface area is 152 Å². The molecule has 136 valence electrons. The van der Waals surface area contributed by atoms with Crippen LogP contribution in [-0.2, 0) is 6.54 Å². The second kappa shape index (κ2) is 8.75. The van der Waals surface area contributed by atoms with E-state index in [-0.39, 0.29) is 0 Å². The number of nitrogen functional groups attached to an aromatic ring is 1. The third kappa shape index (κ3) is 4.66. The smallest absolute Gasteiger partial charge is 0.159 e. The van der Waals surface area contributed by atoms with Gasteiger partial charge in [0.1, 0.15) is 23.5 Å². The normalized spacial score (nSPS) is 10.5. The van der Waals surface area contributed by atoms with Crippen molar-refractivity contribution >= 4 is 23.0 Å². The van der Waals surface area contributed by atoms with E-state index in [1.807, 2.05) is 36.4 Å². The zero-order valence-corrected chi connectivity index (χ0v) is 14.7. The second-order valence-corrected chi connectivity index (χ2v) is 5.77. The molecule has 0 fully saturated rings. The van der Waals surface area contributed by atoms with Gasteiger partial charge in [0.25, 0.3) is 0 Å². The van der Waals surface area contributed by atoms with E-state index in [1.165, 1.54) is 6.33 Å². The number of anilines is 4. The Morgan fingerprint density at radius 1 is 1.12 bits per heavy atom. The molecule has 0 saturated heterocycles. The maximum atomic E-state index is 6.18. The van der Waals surface area contributed by atoms with Crippen molar-refractivity contribution in [2.45, 2.75) is 26.3 Å². The Kier molecular flexibility index (Phi) is 5.92. The van der Waals surface area contributed by atoms with Crippen LogP contribution in [0.1, 0.15) is 25.5 Å². The third-order valence-electron chi connectivity index (χ3n) is 3.78. The molecule has 3 aromatic rings. The van der Waals surface area contributed by atoms with Gasteiger partial charge >= 0.3 is 0 Å². The molecule has 0 aliphatic carbocycles. The molecule has 0 saturated carbocycles. The lowest BCUT2D eigenvalue weighted by Gasteiger charge is -2.12. The minimum absolute atomic E-state index is 0.447. The molecule has 1 aromatic carbocycles. The standard InChI is InChI=1S/C19H23N5O2/c1-2-3-10-25-15-8-6-14(7-9-15)24-19-17(20)18(22-13-23-19)21-12-16-5-4-11-26-16/h4-9,11,13H,2-3,10,12,20H2,1H3,(H2,21,22,23,24). The second-order valence-electron chi connectivity index (χ2n) is 5.77. The topological polar surface area (TPSA) is 98.2 Å². The average Bonchev–Trinajstić information content (AvgIpc) is 3.18. The summed E-state index contributed by atoms with van der Waals surface area (Å²) in [6.45, 7) is 3.37. The number of benzene rings is 1. The predicted molar refractivity (Wildman–Crippen MR) is 103 cm³/mol. The van der Waals surface area contributed by atoms with Crippen molar-refractivity contribution in [2.24, 2.45) is 0 Å². The average molecular weight is 353 g/mol. The van der Waals surface area contributed by atoms with Crippen LogP contribution in [0.2, 0.25) is 0 Å². The minimum Gasteiger partial charge on any atom is -0.494 e. The number of unbranched alkanes of at least 4 members (excludes halogenated alkanes) is 1. The zero-order chi connectivity index (χ0) is 18.2. The maximum absolute atomic E-state index is 6.18. The Balaban J connectivity index is 1.63. The Bertz CT molecular complexity index is 803. The predicted octanol–water partition coefficient (Wildman–Crippen LogP) is 4.19. The lowest BCUT2D eigenvalue weighted by Crippen LogP contribution is -2.07. The number of aromatic nitrogens is 2. The van der Waals surface area contributed by atoms with Gasteiger partial charge in [-0.2, -0.15) is 0 Å². The van der Waals surface area contributed by atoms with E-state index in [1.54, 1.807) is 6.26 Å². The van der Waals surface area contributed by atoms with Crippen LogP contribution < -0.4 is 21.1 Å². The third-order valence-corrected chi connectivity index (χ3v) is 3.78. The number of rotatable bonds is 9. The van der Waals surface area contributed by atoms with Crippen LogP contribution in [0.15, 0.2) is 53.4 Å². The summed E-state index contributed by atoms with van der Waals surface area (Å²) < 4.78 is 11.0. The largest absolute Gasteiger partial charge is 0.494 e. The highest BCUT2D eigenvalue weighted by molar-refractivity contribution is 5.77. The number of ether oxygens (including phenoxy) is 1. The number of furan rings is 1. The first-order chi connectivity index (χ1) is 12.8. The Hall–Kier alpha value is -3.22. The molecule has 2 heterocycles. The number of hydrogen-bond acceptors (Lipinski definition) is 7. The van der Waals surface area contributed by atoms with Gasteiger partial charge in [-0.1, -0.05) is 13.3 Å². The van der Waals surface area contributed by atoms with Crippen molar-refractivity contribution in [1.82, 2.24) is 9.97 Å². The number of nitrogens with two attached hydrogens (primary N) is 1. The Morgan fingerprint density at radius 3 is 2.65 bits per heavy atom. The molecule has 0 bridgehead atoms. The quantitative estimate of drug-likeness (QED) is 0.496. The van der Waals surface area contributed by atoms with E-state index < -0.39 is 0 Å². The van der Waals surface area contributed by atoms with Crippen molar-refractivity contribution in [3.8, 4) is 5.75 Å². The maximum Gasteiger partial charge on any atom is 0.159 e. The molecular weight excluding hydrogens is 330 g/mol. The lowest BCUT2D eigenvalue weighted by atomic mass is 10.3. The van der Waals surface area contributed by atoms with Gasteiger partial charge in [0.15, 0.2) is 11.6 Å². The van der Waals surface area contributed by atoms with E-state index >= 15 is 0 Å². The summed E-state index contributed by atoms with van der Waals surface area (Å²) in [6, 6.07) is 11.4. The molecule has 4 N–H and O–H groups in total. The van der Waals surface area contributed by atoms with E-state index in [2.05, 4.69) is 27.5 Å². The van der Waals surface area contributed by atoms with Crippen molar-refractivity contribution in [2.75, 3.05) is 23.0 Å². The summed E-state index contributed by atoms with van der Waals surface area (Å²) in [4.78, 5) is 8.41. The molecule has 0 unspecified atom stereocenters. The monoisotopic (exact) mass is 353 g/mol. The van der Waals surface area contributed by atoms with E-state index in [9.17, 15) is 0 Å². The fraction of sp³-hybridized carbons (Fsp3) is 0.263. The number of nitrogens with zero attached hydrogens (tertiary/aromatic N) is 2. The van der Waals surface area contributed by atoms with Crippen LogP contribution in [-0.4, -0.2) is 16.6 Å². The van der Waals surface area contributed by atoms with Crippen molar-refractivity contribution in [3.63, 3.8) is 0 Å². The molecule has 7 nitrogen and oxygen atoms in total. The van der Waals surface area contributed by atoms with Gasteiger partial charge in [-0.25, -0.2) is 9.97 Å². The molecule has 0 radical (unpaired) electrons. The van der Waals surface area contributed by atoms with Crippen LogP contribution in [0, 0.1) is 0 Å². The van der Waals surface area contributed by atoms with Crippen LogP contribution in [0.5, 0.6) is 5.75 Å². The molecule has 2 aromatic heterocycles. The lowest BCUT2D eigenvalue weighted by molar-refractivity contribution is 0.309. The molecule has 0 aliphatic rings. The van der Waals surface area contributed by atoms with Gasteiger partial charge in [-0.05, 0) is 42.8 Å². The number of nitrogens with one attached hydrogen (secondary N) is 2. The zero-order valence-electron chi connectivity index (χ0n) is 14.7. The van der Waals surface area contributed by atoms with Gasteiger partial charge in [0.05, 0.1) is 19.4 Å².